The second-order valence-corrected chi connectivity index (χ2v) is 5.87. The number of rotatable bonds is 4. The molecule has 1 unspecified atom stereocenters. The summed E-state index contributed by atoms with van der Waals surface area (Å²) in [5.74, 6) is 3.26. The lowest BCUT2D eigenvalue weighted by molar-refractivity contribution is 0.0963. The van der Waals surface area contributed by atoms with Crippen molar-refractivity contribution >= 4 is 23.4 Å². The molecule has 1 atom stereocenters. The molecule has 0 aromatic heterocycles. The molecule has 3 nitrogen and oxygen atoms in total. The number of amides is 1. The number of benzene rings is 1. The molecule has 1 aliphatic rings. The lowest BCUT2D eigenvalue weighted by atomic mass is 10.1. The summed E-state index contributed by atoms with van der Waals surface area (Å²) in [4.78, 5) is 11.6. The molecule has 1 fully saturated rings. The Labute approximate surface area is 113 Å². The maximum Gasteiger partial charge on any atom is 0.251 e. The third-order valence-corrected chi connectivity index (χ3v) is 4.56. The highest BCUT2D eigenvalue weighted by Crippen LogP contribution is 2.24. The van der Waals surface area contributed by atoms with Gasteiger partial charge in [-0.1, -0.05) is 6.07 Å². The van der Waals surface area contributed by atoms with E-state index in [1.807, 2.05) is 30.0 Å². The Kier molecular flexibility index (Phi) is 4.53. The fourth-order valence-electron chi connectivity index (χ4n) is 2.10. The minimum absolute atomic E-state index is 0.0329. The quantitative estimate of drug-likeness (QED) is 0.878. The Morgan fingerprint density at radius 2 is 2.33 bits per heavy atom. The van der Waals surface area contributed by atoms with E-state index in [1.54, 1.807) is 7.05 Å². The van der Waals surface area contributed by atoms with Gasteiger partial charge in [-0.05, 0) is 48.5 Å². The molecule has 0 spiro atoms. The maximum atomic E-state index is 11.6. The molecule has 18 heavy (non-hydrogen) atoms. The number of nitrogens with one attached hydrogen (secondary N) is 2. The Hall–Kier alpha value is -1.16. The van der Waals surface area contributed by atoms with Crippen molar-refractivity contribution in [3.05, 3.63) is 29.3 Å². The number of aryl methyl sites for hydroxylation is 1. The first kappa shape index (κ1) is 13.3. The number of carbonyl (C=O) groups is 1. The Morgan fingerprint density at radius 1 is 1.50 bits per heavy atom. The Morgan fingerprint density at radius 3 is 3.00 bits per heavy atom. The average Bonchev–Trinajstić information content (AvgIpc) is 2.90. The highest BCUT2D eigenvalue weighted by Gasteiger charge is 2.15. The molecule has 1 aliphatic heterocycles. The van der Waals surface area contributed by atoms with E-state index < -0.39 is 0 Å². The van der Waals surface area contributed by atoms with E-state index in [2.05, 4.69) is 17.6 Å². The van der Waals surface area contributed by atoms with Gasteiger partial charge in [0, 0.05) is 24.8 Å². The van der Waals surface area contributed by atoms with E-state index in [-0.39, 0.29) is 5.91 Å². The van der Waals surface area contributed by atoms with E-state index in [0.29, 0.717) is 5.56 Å². The van der Waals surface area contributed by atoms with Crippen LogP contribution in [0.4, 0.5) is 5.69 Å². The fraction of sp³-hybridized carbons (Fsp3) is 0.500. The van der Waals surface area contributed by atoms with Gasteiger partial charge in [-0.2, -0.15) is 11.8 Å². The lowest BCUT2D eigenvalue weighted by Crippen LogP contribution is -2.19. The number of hydrogen-bond acceptors (Lipinski definition) is 3. The topological polar surface area (TPSA) is 41.1 Å². The largest absolute Gasteiger partial charge is 0.385 e. The summed E-state index contributed by atoms with van der Waals surface area (Å²) in [6.07, 6.45) is 1.30. The predicted molar refractivity (Wildman–Crippen MR) is 78.5 cm³/mol. The highest BCUT2D eigenvalue weighted by molar-refractivity contribution is 7.99. The van der Waals surface area contributed by atoms with Gasteiger partial charge < -0.3 is 10.6 Å². The van der Waals surface area contributed by atoms with E-state index in [9.17, 15) is 4.79 Å². The molecule has 1 saturated heterocycles. The summed E-state index contributed by atoms with van der Waals surface area (Å²) < 4.78 is 0. The van der Waals surface area contributed by atoms with Gasteiger partial charge in [-0.3, -0.25) is 4.79 Å². The van der Waals surface area contributed by atoms with Crippen molar-refractivity contribution in [3.63, 3.8) is 0 Å². The van der Waals surface area contributed by atoms with Crippen molar-refractivity contribution < 1.29 is 4.79 Å². The van der Waals surface area contributed by atoms with Gasteiger partial charge in [0.05, 0.1) is 0 Å². The average molecular weight is 264 g/mol. The molecule has 0 saturated carbocycles. The zero-order valence-corrected chi connectivity index (χ0v) is 11.8. The molecule has 0 aliphatic carbocycles. The first-order chi connectivity index (χ1) is 8.70. The van der Waals surface area contributed by atoms with Crippen molar-refractivity contribution in [2.75, 3.05) is 30.4 Å². The molecule has 1 aromatic rings. The van der Waals surface area contributed by atoms with Crippen molar-refractivity contribution in [2.24, 2.45) is 5.92 Å². The maximum absolute atomic E-state index is 11.6. The second-order valence-electron chi connectivity index (χ2n) is 4.72. The van der Waals surface area contributed by atoms with Crippen molar-refractivity contribution in [1.29, 1.82) is 0 Å². The van der Waals surface area contributed by atoms with Gasteiger partial charge >= 0.3 is 0 Å². The van der Waals surface area contributed by atoms with Crippen LogP contribution in [0.25, 0.3) is 0 Å². The molecule has 0 radical (unpaired) electrons. The molecule has 1 amide bonds. The smallest absolute Gasteiger partial charge is 0.251 e. The molecule has 0 bridgehead atoms. The fourth-order valence-corrected chi connectivity index (χ4v) is 3.38. The van der Waals surface area contributed by atoms with Crippen LogP contribution in [0, 0.1) is 12.8 Å². The SMILES string of the molecule is CNC(=O)c1ccc(C)c(NCC2CCSC2)c1. The highest BCUT2D eigenvalue weighted by atomic mass is 32.2. The van der Waals surface area contributed by atoms with Crippen LogP contribution in [0.2, 0.25) is 0 Å². The van der Waals surface area contributed by atoms with Gasteiger partial charge in [-0.15, -0.1) is 0 Å². The third kappa shape index (κ3) is 3.19. The van der Waals surface area contributed by atoms with E-state index in [4.69, 9.17) is 0 Å². The van der Waals surface area contributed by atoms with E-state index in [0.717, 1.165) is 18.2 Å². The first-order valence-corrected chi connectivity index (χ1v) is 7.50. The number of anilines is 1. The van der Waals surface area contributed by atoms with Gasteiger partial charge in [-0.25, -0.2) is 0 Å². The summed E-state index contributed by atoms with van der Waals surface area (Å²) >= 11 is 2.03. The zero-order chi connectivity index (χ0) is 13.0. The summed E-state index contributed by atoms with van der Waals surface area (Å²) in [6, 6.07) is 5.80. The minimum Gasteiger partial charge on any atom is -0.385 e. The van der Waals surface area contributed by atoms with Crippen molar-refractivity contribution in [2.45, 2.75) is 13.3 Å². The van der Waals surface area contributed by atoms with Crippen LogP contribution >= 0.6 is 11.8 Å². The molecule has 98 valence electrons. The van der Waals surface area contributed by atoms with Crippen LogP contribution < -0.4 is 10.6 Å². The normalized spacial score (nSPS) is 18.7. The van der Waals surface area contributed by atoms with Crippen LogP contribution in [0.5, 0.6) is 0 Å². The molecular weight excluding hydrogens is 244 g/mol. The summed E-state index contributed by atoms with van der Waals surface area (Å²) in [7, 11) is 1.66. The third-order valence-electron chi connectivity index (χ3n) is 3.33. The van der Waals surface area contributed by atoms with Crippen LogP contribution in [0.3, 0.4) is 0 Å². The monoisotopic (exact) mass is 264 g/mol. The van der Waals surface area contributed by atoms with E-state index >= 15 is 0 Å². The summed E-state index contributed by atoms with van der Waals surface area (Å²) in [5.41, 5.74) is 2.98. The first-order valence-electron chi connectivity index (χ1n) is 6.35. The van der Waals surface area contributed by atoms with Crippen molar-refractivity contribution in [1.82, 2.24) is 5.32 Å². The molecule has 2 N–H and O–H groups in total. The van der Waals surface area contributed by atoms with Gasteiger partial charge in [0.25, 0.3) is 5.91 Å². The van der Waals surface area contributed by atoms with Gasteiger partial charge in [0.2, 0.25) is 0 Å². The molecule has 4 heteroatoms. The molecule has 1 aromatic carbocycles. The summed E-state index contributed by atoms with van der Waals surface area (Å²) in [5, 5.41) is 6.14. The van der Waals surface area contributed by atoms with E-state index in [1.165, 1.54) is 23.5 Å². The summed E-state index contributed by atoms with van der Waals surface area (Å²) in [6.45, 7) is 3.07. The number of thioether (sulfide) groups is 1. The van der Waals surface area contributed by atoms with Crippen molar-refractivity contribution in [3.8, 4) is 0 Å². The second kappa shape index (κ2) is 6.14. The van der Waals surface area contributed by atoms with Crippen LogP contribution in [0.1, 0.15) is 22.3 Å². The van der Waals surface area contributed by atoms with Gasteiger partial charge in [0.15, 0.2) is 0 Å². The molecule has 2 rings (SSSR count). The molecular formula is C14H20N2OS. The number of hydrogen-bond donors (Lipinski definition) is 2. The lowest BCUT2D eigenvalue weighted by Gasteiger charge is -2.14. The minimum atomic E-state index is -0.0329. The zero-order valence-electron chi connectivity index (χ0n) is 11.0. The number of carbonyl (C=O) groups excluding carboxylic acids is 1. The van der Waals surface area contributed by atoms with Crippen LogP contribution in [-0.4, -0.2) is 31.0 Å². The van der Waals surface area contributed by atoms with Crippen LogP contribution in [0.15, 0.2) is 18.2 Å². The van der Waals surface area contributed by atoms with Crippen LogP contribution in [-0.2, 0) is 0 Å². The standard InChI is InChI=1S/C14H20N2OS/c1-10-3-4-12(14(17)15-2)7-13(10)16-8-11-5-6-18-9-11/h3-4,7,11,16H,5-6,8-9H2,1-2H3,(H,15,17). The molecule has 1 heterocycles. The van der Waals surface area contributed by atoms with Gasteiger partial charge in [0.1, 0.15) is 0 Å². The Balaban J connectivity index is 2.03. The predicted octanol–water partition coefficient (Wildman–Crippen LogP) is 2.52. The Bertz CT molecular complexity index is 428.